The van der Waals surface area contributed by atoms with Gasteiger partial charge in [-0.2, -0.15) is 0 Å². The molecule has 0 atom stereocenters. The molecule has 0 unspecified atom stereocenters. The van der Waals surface area contributed by atoms with Gasteiger partial charge in [-0.1, -0.05) is 0 Å². The van der Waals surface area contributed by atoms with E-state index in [0.29, 0.717) is 50.1 Å². The zero-order valence-electron chi connectivity index (χ0n) is 16.5. The number of furan rings is 1. The molecule has 0 aliphatic carbocycles. The van der Waals surface area contributed by atoms with Crippen LogP contribution in [0.25, 0.3) is 11.0 Å². The molecule has 2 aliphatic rings. The number of anilines is 2. The van der Waals surface area contributed by atoms with E-state index < -0.39 is 11.4 Å². The molecule has 3 heterocycles. The average molecular weight is 410 g/mol. The van der Waals surface area contributed by atoms with Gasteiger partial charge in [0, 0.05) is 36.1 Å². The van der Waals surface area contributed by atoms with Gasteiger partial charge < -0.3 is 24.5 Å². The summed E-state index contributed by atoms with van der Waals surface area (Å²) in [5.41, 5.74) is 1.87. The Morgan fingerprint density at radius 2 is 2.00 bits per heavy atom. The maximum absolute atomic E-state index is 14.0. The van der Waals surface area contributed by atoms with Gasteiger partial charge in [0.2, 0.25) is 5.91 Å². The molecular formula is C23H23FN2O4. The number of hydrogen-bond donors (Lipinski definition) is 2. The van der Waals surface area contributed by atoms with Crippen molar-refractivity contribution in [1.29, 1.82) is 0 Å². The molecule has 1 fully saturated rings. The fourth-order valence-electron chi connectivity index (χ4n) is 4.25. The number of aliphatic hydroxyl groups is 1. The first-order chi connectivity index (χ1) is 14.5. The minimum Gasteiger partial charge on any atom is -0.490 e. The predicted molar refractivity (Wildman–Crippen MR) is 111 cm³/mol. The zero-order valence-corrected chi connectivity index (χ0v) is 16.5. The molecule has 1 aromatic heterocycles. The molecule has 5 rings (SSSR count). The van der Waals surface area contributed by atoms with Gasteiger partial charge >= 0.3 is 0 Å². The van der Waals surface area contributed by atoms with E-state index in [9.17, 15) is 14.3 Å². The summed E-state index contributed by atoms with van der Waals surface area (Å²) in [6.45, 7) is 1.55. The van der Waals surface area contributed by atoms with Gasteiger partial charge in [-0.25, -0.2) is 4.39 Å². The standard InChI is InChI=1S/C23H23FN2O4/c24-18-3-5-20(17-2-6-21(27)25-22(17)18)30-14-23(28)8-10-26(11-9-23)16-1-4-19-15(13-16)7-12-29-19/h1,3-5,7,12-13,28H,2,6,8-11,14H2,(H,25,27). The third kappa shape index (κ3) is 3.50. The Balaban J connectivity index is 1.25. The number of carbonyl (C=O) groups is 1. The lowest BCUT2D eigenvalue weighted by atomic mass is 9.92. The van der Waals surface area contributed by atoms with Crippen molar-refractivity contribution in [2.24, 2.45) is 0 Å². The van der Waals surface area contributed by atoms with Gasteiger partial charge in [0.05, 0.1) is 12.0 Å². The minimum atomic E-state index is -0.949. The highest BCUT2D eigenvalue weighted by Crippen LogP contribution is 2.35. The topological polar surface area (TPSA) is 74.9 Å². The van der Waals surface area contributed by atoms with E-state index in [-0.39, 0.29) is 18.2 Å². The first-order valence-corrected chi connectivity index (χ1v) is 10.2. The van der Waals surface area contributed by atoms with Crippen molar-refractivity contribution in [3.63, 3.8) is 0 Å². The van der Waals surface area contributed by atoms with E-state index in [1.807, 2.05) is 18.2 Å². The van der Waals surface area contributed by atoms with Crippen LogP contribution in [0.4, 0.5) is 15.8 Å². The number of nitrogens with zero attached hydrogens (tertiary/aromatic N) is 1. The zero-order chi connectivity index (χ0) is 20.7. The molecule has 7 heteroatoms. The summed E-state index contributed by atoms with van der Waals surface area (Å²) in [4.78, 5) is 13.8. The number of rotatable bonds is 4. The Bertz CT molecular complexity index is 1100. The third-order valence-corrected chi connectivity index (χ3v) is 6.08. The van der Waals surface area contributed by atoms with Crippen molar-refractivity contribution in [3.05, 3.63) is 54.0 Å². The summed E-state index contributed by atoms with van der Waals surface area (Å²) >= 11 is 0. The summed E-state index contributed by atoms with van der Waals surface area (Å²) in [5, 5.41) is 14.7. The summed E-state index contributed by atoms with van der Waals surface area (Å²) in [6, 6.07) is 10.9. The van der Waals surface area contributed by atoms with Gasteiger partial charge in [-0.05, 0) is 55.7 Å². The van der Waals surface area contributed by atoms with E-state index in [1.54, 1.807) is 12.3 Å². The number of hydrogen-bond acceptors (Lipinski definition) is 5. The molecule has 6 nitrogen and oxygen atoms in total. The number of fused-ring (bicyclic) bond motifs is 2. The highest BCUT2D eigenvalue weighted by atomic mass is 19.1. The molecule has 0 bridgehead atoms. The van der Waals surface area contributed by atoms with E-state index in [4.69, 9.17) is 9.15 Å². The highest BCUT2D eigenvalue weighted by Gasteiger charge is 2.34. The maximum Gasteiger partial charge on any atom is 0.224 e. The number of nitrogens with one attached hydrogen (secondary N) is 1. The van der Waals surface area contributed by atoms with E-state index >= 15 is 0 Å². The van der Waals surface area contributed by atoms with Crippen molar-refractivity contribution in [1.82, 2.24) is 0 Å². The monoisotopic (exact) mass is 410 g/mol. The second kappa shape index (κ2) is 7.32. The first-order valence-electron chi connectivity index (χ1n) is 10.2. The smallest absolute Gasteiger partial charge is 0.224 e. The molecule has 0 saturated carbocycles. The SMILES string of the molecule is O=C1CCc2c(OCC3(O)CCN(c4ccc5occc5c4)CC3)ccc(F)c2N1. The Kier molecular flexibility index (Phi) is 4.62. The number of benzene rings is 2. The van der Waals surface area contributed by atoms with Crippen LogP contribution in [0, 0.1) is 5.82 Å². The fraction of sp³-hybridized carbons (Fsp3) is 0.348. The van der Waals surface area contributed by atoms with Crippen LogP contribution < -0.4 is 15.0 Å². The van der Waals surface area contributed by atoms with Crippen LogP contribution in [0.2, 0.25) is 0 Å². The molecule has 156 valence electrons. The predicted octanol–water partition coefficient (Wildman–Crippen LogP) is 3.87. The molecule has 1 saturated heterocycles. The van der Waals surface area contributed by atoms with Gasteiger partial charge in [-0.3, -0.25) is 4.79 Å². The summed E-state index contributed by atoms with van der Waals surface area (Å²) in [6.07, 6.45) is 3.54. The third-order valence-electron chi connectivity index (χ3n) is 6.08. The van der Waals surface area contributed by atoms with Crippen LogP contribution in [0.3, 0.4) is 0 Å². The lowest BCUT2D eigenvalue weighted by Gasteiger charge is -2.39. The second-order valence-electron chi connectivity index (χ2n) is 8.09. The normalized spacial score (nSPS) is 18.2. The van der Waals surface area contributed by atoms with Crippen molar-refractivity contribution >= 4 is 28.3 Å². The summed E-state index contributed by atoms with van der Waals surface area (Å²) in [7, 11) is 0. The highest BCUT2D eigenvalue weighted by molar-refractivity contribution is 5.94. The lowest BCUT2D eigenvalue weighted by molar-refractivity contribution is -0.116. The van der Waals surface area contributed by atoms with Gasteiger partial charge in [0.1, 0.15) is 29.4 Å². The van der Waals surface area contributed by atoms with Gasteiger partial charge in [0.15, 0.2) is 0 Å². The second-order valence-corrected chi connectivity index (χ2v) is 8.09. The molecule has 0 spiro atoms. The Labute approximate surface area is 173 Å². The molecule has 3 aromatic rings. The summed E-state index contributed by atoms with van der Waals surface area (Å²) < 4.78 is 25.4. The number of halogens is 1. The fourth-order valence-corrected chi connectivity index (χ4v) is 4.25. The Morgan fingerprint density at radius 3 is 2.83 bits per heavy atom. The molecule has 2 aliphatic heterocycles. The maximum atomic E-state index is 14.0. The van der Waals surface area contributed by atoms with Crippen LogP contribution in [0.5, 0.6) is 5.75 Å². The van der Waals surface area contributed by atoms with Crippen LogP contribution in [-0.4, -0.2) is 36.3 Å². The summed E-state index contributed by atoms with van der Waals surface area (Å²) in [5.74, 6) is -0.141. The lowest BCUT2D eigenvalue weighted by Crippen LogP contribution is -2.48. The number of piperidine rings is 1. The largest absolute Gasteiger partial charge is 0.490 e. The molecule has 30 heavy (non-hydrogen) atoms. The molecular weight excluding hydrogens is 387 g/mol. The van der Waals surface area contributed by atoms with E-state index in [1.165, 1.54) is 6.07 Å². The van der Waals surface area contributed by atoms with Gasteiger partial charge in [-0.15, -0.1) is 0 Å². The van der Waals surface area contributed by atoms with E-state index in [2.05, 4.69) is 16.3 Å². The number of ether oxygens (including phenoxy) is 1. The van der Waals surface area contributed by atoms with Crippen molar-refractivity contribution < 1.29 is 23.4 Å². The number of amides is 1. The van der Waals surface area contributed by atoms with Crippen LogP contribution in [0.15, 0.2) is 47.1 Å². The van der Waals surface area contributed by atoms with Crippen LogP contribution in [0.1, 0.15) is 24.8 Å². The van der Waals surface area contributed by atoms with Gasteiger partial charge in [0.25, 0.3) is 0 Å². The minimum absolute atomic E-state index is 0.133. The average Bonchev–Trinajstić information content (AvgIpc) is 3.22. The van der Waals surface area contributed by atoms with E-state index in [0.717, 1.165) is 16.7 Å². The molecule has 2 aromatic carbocycles. The van der Waals surface area contributed by atoms with Crippen LogP contribution in [-0.2, 0) is 11.2 Å². The van der Waals surface area contributed by atoms with Crippen molar-refractivity contribution in [2.75, 3.05) is 29.9 Å². The first kappa shape index (κ1) is 18.9. The van der Waals surface area contributed by atoms with Crippen molar-refractivity contribution in [3.8, 4) is 5.75 Å². The van der Waals surface area contributed by atoms with Crippen LogP contribution >= 0.6 is 0 Å². The Hall–Kier alpha value is -3.06. The Morgan fingerprint density at radius 1 is 1.17 bits per heavy atom. The molecule has 0 radical (unpaired) electrons. The quantitative estimate of drug-likeness (QED) is 0.683. The molecule has 1 amide bonds. The molecule has 2 N–H and O–H groups in total. The van der Waals surface area contributed by atoms with Crippen molar-refractivity contribution in [2.45, 2.75) is 31.3 Å². The number of carbonyl (C=O) groups excluding carboxylic acids is 1.